The molecule has 2 aromatic carbocycles. The summed E-state index contributed by atoms with van der Waals surface area (Å²) in [6.07, 6.45) is 0. The highest BCUT2D eigenvalue weighted by atomic mass is 19.1. The topological polar surface area (TPSA) is 62.3 Å². The first-order chi connectivity index (χ1) is 14.1. The van der Waals surface area contributed by atoms with E-state index in [0.717, 1.165) is 30.5 Å². The lowest BCUT2D eigenvalue weighted by molar-refractivity contribution is 0.123. The van der Waals surface area contributed by atoms with E-state index in [0.29, 0.717) is 30.7 Å². The number of aromatic nitrogens is 2. The number of nitrogens with zero attached hydrogens (tertiary/aromatic N) is 3. The Bertz CT molecular complexity index is 1010. The first kappa shape index (κ1) is 19.1. The van der Waals surface area contributed by atoms with Gasteiger partial charge >= 0.3 is 0 Å². The Hall–Kier alpha value is -3.26. The Morgan fingerprint density at radius 1 is 0.931 bits per heavy atom. The molecule has 0 spiro atoms. The normalized spacial score (nSPS) is 14.0. The van der Waals surface area contributed by atoms with E-state index in [1.807, 2.05) is 31.2 Å². The van der Waals surface area contributed by atoms with Gasteiger partial charge in [-0.25, -0.2) is 13.8 Å². The molecule has 1 aliphatic rings. The lowest BCUT2D eigenvalue weighted by Crippen LogP contribution is -2.36. The summed E-state index contributed by atoms with van der Waals surface area (Å²) in [5.74, 6) is -0.521. The highest BCUT2D eigenvalue weighted by Crippen LogP contribution is 2.29. The molecule has 0 aliphatic carbocycles. The summed E-state index contributed by atoms with van der Waals surface area (Å²) in [6.45, 7) is 4.82. The average molecular weight is 397 g/mol. The van der Waals surface area contributed by atoms with Crippen molar-refractivity contribution in [3.8, 4) is 0 Å². The molecule has 0 radical (unpaired) electrons. The number of morpholine rings is 1. The van der Waals surface area contributed by atoms with Gasteiger partial charge < -0.3 is 20.3 Å². The number of rotatable bonds is 5. The molecule has 1 aliphatic heterocycles. The van der Waals surface area contributed by atoms with Crippen LogP contribution in [0.2, 0.25) is 0 Å². The fourth-order valence-corrected chi connectivity index (χ4v) is 3.20. The first-order valence-corrected chi connectivity index (χ1v) is 9.35. The van der Waals surface area contributed by atoms with Gasteiger partial charge in [0.1, 0.15) is 17.5 Å². The van der Waals surface area contributed by atoms with Crippen LogP contribution in [0.3, 0.4) is 0 Å². The van der Waals surface area contributed by atoms with Crippen molar-refractivity contribution in [2.75, 3.05) is 41.8 Å². The van der Waals surface area contributed by atoms with E-state index in [-0.39, 0.29) is 5.69 Å². The summed E-state index contributed by atoms with van der Waals surface area (Å²) in [6, 6.07) is 13.0. The fourth-order valence-electron chi connectivity index (χ4n) is 3.20. The molecule has 6 nitrogen and oxygen atoms in total. The van der Waals surface area contributed by atoms with Crippen LogP contribution in [0.4, 0.5) is 37.6 Å². The van der Waals surface area contributed by atoms with Crippen molar-refractivity contribution in [2.45, 2.75) is 6.92 Å². The molecular weight excluding hydrogens is 376 g/mol. The van der Waals surface area contributed by atoms with Crippen molar-refractivity contribution in [3.05, 3.63) is 65.9 Å². The molecule has 8 heteroatoms. The van der Waals surface area contributed by atoms with Crippen molar-refractivity contribution >= 4 is 28.8 Å². The van der Waals surface area contributed by atoms with Crippen LogP contribution in [-0.2, 0) is 4.74 Å². The van der Waals surface area contributed by atoms with Gasteiger partial charge in [-0.3, -0.25) is 0 Å². The van der Waals surface area contributed by atoms with Gasteiger partial charge in [-0.1, -0.05) is 12.1 Å². The zero-order chi connectivity index (χ0) is 20.2. The second kappa shape index (κ2) is 8.40. The molecule has 2 heterocycles. The summed E-state index contributed by atoms with van der Waals surface area (Å²) in [5.41, 5.74) is 2.76. The number of nitrogens with one attached hydrogen (secondary N) is 2. The van der Waals surface area contributed by atoms with E-state index >= 15 is 0 Å². The van der Waals surface area contributed by atoms with E-state index in [1.165, 1.54) is 12.1 Å². The molecular formula is C21H21F2N5O. The van der Waals surface area contributed by atoms with Crippen molar-refractivity contribution < 1.29 is 13.5 Å². The number of ether oxygens (including phenoxy) is 1. The Morgan fingerprint density at radius 3 is 2.52 bits per heavy atom. The number of halogens is 2. The minimum Gasteiger partial charge on any atom is -0.378 e. The summed E-state index contributed by atoms with van der Waals surface area (Å²) in [4.78, 5) is 11.1. The lowest BCUT2D eigenvalue weighted by Gasteiger charge is -2.30. The maximum atomic E-state index is 14.0. The molecule has 0 amide bonds. The molecule has 1 aromatic heterocycles. The van der Waals surface area contributed by atoms with Crippen LogP contribution in [0, 0.1) is 18.6 Å². The van der Waals surface area contributed by atoms with Gasteiger partial charge in [0.15, 0.2) is 0 Å². The van der Waals surface area contributed by atoms with Crippen LogP contribution in [0.25, 0.3) is 0 Å². The minimum absolute atomic E-state index is 0.143. The predicted molar refractivity (Wildman–Crippen MR) is 109 cm³/mol. The highest BCUT2D eigenvalue weighted by Gasteiger charge is 2.15. The van der Waals surface area contributed by atoms with Crippen LogP contribution in [0.1, 0.15) is 5.69 Å². The third kappa shape index (κ3) is 4.60. The second-order valence-corrected chi connectivity index (χ2v) is 6.71. The van der Waals surface area contributed by atoms with E-state index in [2.05, 4.69) is 25.5 Å². The van der Waals surface area contributed by atoms with Gasteiger partial charge in [0, 0.05) is 30.9 Å². The smallest absolute Gasteiger partial charge is 0.229 e. The number of benzene rings is 2. The first-order valence-electron chi connectivity index (χ1n) is 9.35. The van der Waals surface area contributed by atoms with Gasteiger partial charge in [0.05, 0.1) is 30.3 Å². The molecule has 1 saturated heterocycles. The van der Waals surface area contributed by atoms with E-state index in [9.17, 15) is 8.78 Å². The van der Waals surface area contributed by atoms with Crippen LogP contribution in [-0.4, -0.2) is 36.3 Å². The van der Waals surface area contributed by atoms with E-state index < -0.39 is 11.6 Å². The lowest BCUT2D eigenvalue weighted by atomic mass is 10.2. The number of hydrogen-bond acceptors (Lipinski definition) is 6. The second-order valence-electron chi connectivity index (χ2n) is 6.71. The van der Waals surface area contributed by atoms with Crippen LogP contribution >= 0.6 is 0 Å². The number of anilines is 5. The molecule has 3 aromatic rings. The summed E-state index contributed by atoms with van der Waals surface area (Å²) in [7, 11) is 0. The number of hydrogen-bond donors (Lipinski definition) is 2. The van der Waals surface area contributed by atoms with Crippen molar-refractivity contribution in [2.24, 2.45) is 0 Å². The summed E-state index contributed by atoms with van der Waals surface area (Å²) in [5, 5.41) is 6.15. The summed E-state index contributed by atoms with van der Waals surface area (Å²) < 4.78 is 32.5. The zero-order valence-corrected chi connectivity index (χ0v) is 16.0. The fraction of sp³-hybridized carbons (Fsp3) is 0.238. The average Bonchev–Trinajstić information content (AvgIpc) is 2.71. The maximum Gasteiger partial charge on any atom is 0.229 e. The SMILES string of the molecule is Cc1cc(Nc2ccc(F)cc2F)nc(Nc2ccccc2N2CCOCC2)n1. The molecule has 2 N–H and O–H groups in total. The van der Waals surface area contributed by atoms with Crippen molar-refractivity contribution in [3.63, 3.8) is 0 Å². The molecule has 0 bridgehead atoms. The number of para-hydroxylation sites is 2. The Balaban J connectivity index is 1.59. The molecule has 0 unspecified atom stereocenters. The third-order valence-electron chi connectivity index (χ3n) is 4.55. The maximum absolute atomic E-state index is 14.0. The monoisotopic (exact) mass is 397 g/mol. The molecule has 1 fully saturated rings. The third-order valence-corrected chi connectivity index (χ3v) is 4.55. The van der Waals surface area contributed by atoms with Gasteiger partial charge in [0.25, 0.3) is 0 Å². The summed E-state index contributed by atoms with van der Waals surface area (Å²) >= 11 is 0. The quantitative estimate of drug-likeness (QED) is 0.666. The van der Waals surface area contributed by atoms with Crippen molar-refractivity contribution in [1.82, 2.24) is 9.97 Å². The number of aryl methyl sites for hydroxylation is 1. The molecule has 4 rings (SSSR count). The van der Waals surface area contributed by atoms with Gasteiger partial charge in [-0.15, -0.1) is 0 Å². The minimum atomic E-state index is -0.687. The molecule has 29 heavy (non-hydrogen) atoms. The predicted octanol–water partition coefficient (Wildman–Crippen LogP) is 4.39. The zero-order valence-electron chi connectivity index (χ0n) is 16.0. The van der Waals surface area contributed by atoms with Crippen molar-refractivity contribution in [1.29, 1.82) is 0 Å². The van der Waals surface area contributed by atoms with Crippen LogP contribution in [0.5, 0.6) is 0 Å². The van der Waals surface area contributed by atoms with E-state index in [1.54, 1.807) is 6.07 Å². The van der Waals surface area contributed by atoms with Crippen LogP contribution in [0.15, 0.2) is 48.5 Å². The Labute approximate surface area is 167 Å². The van der Waals surface area contributed by atoms with E-state index in [4.69, 9.17) is 4.74 Å². The van der Waals surface area contributed by atoms with Gasteiger partial charge in [-0.05, 0) is 31.2 Å². The largest absolute Gasteiger partial charge is 0.378 e. The van der Waals surface area contributed by atoms with Gasteiger partial charge in [0.2, 0.25) is 5.95 Å². The standard InChI is InChI=1S/C21H21F2N5O/c1-14-12-20(25-17-7-6-15(22)13-16(17)23)27-21(24-14)26-18-4-2-3-5-19(18)28-8-10-29-11-9-28/h2-7,12-13H,8-11H2,1H3,(H2,24,25,26,27). The molecule has 0 atom stereocenters. The Kier molecular flexibility index (Phi) is 5.53. The van der Waals surface area contributed by atoms with Crippen LogP contribution < -0.4 is 15.5 Å². The Morgan fingerprint density at radius 2 is 1.72 bits per heavy atom. The van der Waals surface area contributed by atoms with Gasteiger partial charge in [-0.2, -0.15) is 4.98 Å². The highest BCUT2D eigenvalue weighted by molar-refractivity contribution is 5.74. The molecule has 150 valence electrons. The molecule has 0 saturated carbocycles.